The molecule has 0 aliphatic heterocycles. The van der Waals surface area contributed by atoms with Crippen molar-refractivity contribution < 1.29 is 28.9 Å². The molecule has 176 valence electrons. The number of carbonyl (C=O) groups is 2. The summed E-state index contributed by atoms with van der Waals surface area (Å²) in [6.45, 7) is 12.4. The van der Waals surface area contributed by atoms with Crippen LogP contribution in [0.5, 0.6) is 0 Å². The lowest BCUT2D eigenvalue weighted by molar-refractivity contribution is -0.154. The number of unbranched alkanes of at least 4 members (excludes halogenated alkanes) is 3. The van der Waals surface area contributed by atoms with E-state index < -0.39 is 11.4 Å². The van der Waals surface area contributed by atoms with Crippen LogP contribution < -0.4 is 10.6 Å². The molecule has 0 aromatic heterocycles. The Kier molecular flexibility index (Phi) is 25.8. The normalized spacial score (nSPS) is 10.5. The van der Waals surface area contributed by atoms with Crippen molar-refractivity contribution in [3.63, 3.8) is 0 Å². The summed E-state index contributed by atoms with van der Waals surface area (Å²) in [5.41, 5.74) is -0.927. The minimum Gasteiger partial charge on any atom is -0.481 e. The smallest absolute Gasteiger partial charge is 0.314 e. The summed E-state index contributed by atoms with van der Waals surface area (Å²) in [4.78, 5) is 21.2. The number of hydrogen-bond acceptors (Lipinski definition) is 6. The molecule has 8 nitrogen and oxygen atoms in total. The molecular weight excluding hydrogens is 376 g/mol. The average Bonchev–Trinajstić information content (AvgIpc) is 2.60. The van der Waals surface area contributed by atoms with Gasteiger partial charge in [-0.1, -0.05) is 33.6 Å². The highest BCUT2D eigenvalue weighted by Crippen LogP contribution is 2.16. The van der Waals surface area contributed by atoms with Crippen molar-refractivity contribution in [2.75, 3.05) is 54.4 Å². The molecule has 0 aliphatic rings. The molecular formula is C21H46N2O6. The molecule has 0 spiro atoms. The first-order chi connectivity index (χ1) is 13.6. The van der Waals surface area contributed by atoms with E-state index in [0.717, 1.165) is 25.4 Å². The molecule has 0 aliphatic carbocycles. The lowest BCUT2D eigenvalue weighted by atomic mass is 9.93. The van der Waals surface area contributed by atoms with Crippen LogP contribution >= 0.6 is 0 Å². The monoisotopic (exact) mass is 422 g/mol. The predicted molar refractivity (Wildman–Crippen MR) is 117 cm³/mol. The van der Waals surface area contributed by atoms with Crippen molar-refractivity contribution in [3.8, 4) is 0 Å². The summed E-state index contributed by atoms with van der Waals surface area (Å²) in [7, 11) is 4.62. The van der Waals surface area contributed by atoms with Crippen LogP contribution in [0.4, 0.5) is 0 Å². The molecule has 0 saturated heterocycles. The van der Waals surface area contributed by atoms with E-state index in [1.165, 1.54) is 33.5 Å². The summed E-state index contributed by atoms with van der Waals surface area (Å²) < 4.78 is 14.4. The molecule has 0 unspecified atom stereocenters. The quantitative estimate of drug-likeness (QED) is 0.292. The maximum absolute atomic E-state index is 10.6. The van der Waals surface area contributed by atoms with E-state index in [4.69, 9.17) is 19.3 Å². The van der Waals surface area contributed by atoms with E-state index in [-0.39, 0.29) is 19.1 Å². The number of nitrogens with one attached hydrogen (secondary N) is 2. The molecule has 0 aromatic rings. The lowest BCUT2D eigenvalue weighted by Gasteiger charge is -2.22. The first kappa shape index (κ1) is 32.4. The number of carbonyl (C=O) groups excluding carboxylic acids is 1. The Balaban J connectivity index is -0.000000401. The van der Waals surface area contributed by atoms with Crippen molar-refractivity contribution in [3.05, 3.63) is 0 Å². The first-order valence-corrected chi connectivity index (χ1v) is 10.2. The summed E-state index contributed by atoms with van der Waals surface area (Å²) in [5.74, 6) is -0.00652. The van der Waals surface area contributed by atoms with Crippen LogP contribution in [-0.4, -0.2) is 71.3 Å². The van der Waals surface area contributed by atoms with Crippen molar-refractivity contribution in [2.24, 2.45) is 11.3 Å². The highest BCUT2D eigenvalue weighted by Gasteiger charge is 2.33. The van der Waals surface area contributed by atoms with Gasteiger partial charge in [-0.15, -0.1) is 0 Å². The fourth-order valence-corrected chi connectivity index (χ4v) is 1.97. The molecule has 3 N–H and O–H groups in total. The number of carboxylic acid groups (broad SMARTS) is 1. The summed E-state index contributed by atoms with van der Waals surface area (Å²) in [6.07, 6.45) is 4.62. The molecule has 0 saturated carbocycles. The maximum Gasteiger partial charge on any atom is 0.314 e. The summed E-state index contributed by atoms with van der Waals surface area (Å²) in [5, 5.41) is 14.7. The van der Waals surface area contributed by atoms with Crippen molar-refractivity contribution in [2.45, 2.75) is 60.3 Å². The molecule has 1 amide bonds. The van der Waals surface area contributed by atoms with E-state index in [9.17, 15) is 9.59 Å². The molecule has 29 heavy (non-hydrogen) atoms. The molecule has 0 heterocycles. The van der Waals surface area contributed by atoms with Gasteiger partial charge >= 0.3 is 5.97 Å². The van der Waals surface area contributed by atoms with E-state index in [2.05, 4.69) is 31.4 Å². The van der Waals surface area contributed by atoms with Crippen LogP contribution in [-0.2, 0) is 23.8 Å². The van der Waals surface area contributed by atoms with E-state index in [0.29, 0.717) is 6.73 Å². The van der Waals surface area contributed by atoms with E-state index >= 15 is 0 Å². The van der Waals surface area contributed by atoms with E-state index in [1.54, 1.807) is 21.0 Å². The van der Waals surface area contributed by atoms with Gasteiger partial charge in [0.15, 0.2) is 0 Å². The number of carboxylic acids is 1. The number of methoxy groups -OCH3 is 3. The van der Waals surface area contributed by atoms with Crippen LogP contribution in [0, 0.1) is 11.3 Å². The van der Waals surface area contributed by atoms with Gasteiger partial charge in [0.1, 0.15) is 5.41 Å². The van der Waals surface area contributed by atoms with Gasteiger partial charge in [-0.05, 0) is 32.2 Å². The highest BCUT2D eigenvalue weighted by molar-refractivity contribution is 5.74. The van der Waals surface area contributed by atoms with Crippen LogP contribution in [0.25, 0.3) is 0 Å². The Labute approximate surface area is 178 Å². The van der Waals surface area contributed by atoms with Gasteiger partial charge < -0.3 is 24.6 Å². The molecule has 0 bridgehead atoms. The Hall–Kier alpha value is -1.22. The van der Waals surface area contributed by atoms with Crippen LogP contribution in [0.15, 0.2) is 0 Å². The summed E-state index contributed by atoms with van der Waals surface area (Å²) >= 11 is 0. The molecule has 0 fully saturated rings. The zero-order valence-corrected chi connectivity index (χ0v) is 19.9. The van der Waals surface area contributed by atoms with Gasteiger partial charge in [0, 0.05) is 34.8 Å². The number of aliphatic carboxylic acids is 1. The highest BCUT2D eigenvalue weighted by atomic mass is 16.5. The van der Waals surface area contributed by atoms with E-state index in [1.807, 2.05) is 0 Å². The number of rotatable bonds is 14. The third-order valence-electron chi connectivity index (χ3n) is 3.34. The third kappa shape index (κ3) is 29.1. The minimum atomic E-state index is -0.927. The zero-order chi connectivity index (χ0) is 23.1. The van der Waals surface area contributed by atoms with Crippen molar-refractivity contribution in [1.82, 2.24) is 10.6 Å². The Morgan fingerprint density at radius 3 is 1.69 bits per heavy atom. The molecule has 8 heteroatoms. The fraction of sp³-hybridized carbons (Fsp3) is 0.905. The topological polar surface area (TPSA) is 106 Å². The fourth-order valence-electron chi connectivity index (χ4n) is 1.97. The Morgan fingerprint density at radius 1 is 0.897 bits per heavy atom. The van der Waals surface area contributed by atoms with Crippen LogP contribution in [0.3, 0.4) is 0 Å². The average molecular weight is 423 g/mol. The van der Waals surface area contributed by atoms with Crippen molar-refractivity contribution >= 4 is 11.9 Å². The van der Waals surface area contributed by atoms with Gasteiger partial charge in [0.2, 0.25) is 5.91 Å². The van der Waals surface area contributed by atoms with Gasteiger partial charge in [0.05, 0.1) is 19.9 Å². The second-order valence-electron chi connectivity index (χ2n) is 7.79. The molecule has 0 radical (unpaired) electrons. The van der Waals surface area contributed by atoms with Crippen LogP contribution in [0.2, 0.25) is 0 Å². The van der Waals surface area contributed by atoms with Gasteiger partial charge in [0.25, 0.3) is 0 Å². The Morgan fingerprint density at radius 2 is 1.34 bits per heavy atom. The second kappa shape index (κ2) is 23.1. The molecule has 0 aromatic carbocycles. The zero-order valence-electron chi connectivity index (χ0n) is 19.9. The molecule has 0 rings (SSSR count). The maximum atomic E-state index is 10.6. The minimum absolute atomic E-state index is 0.0618. The summed E-state index contributed by atoms with van der Waals surface area (Å²) in [6, 6.07) is 0. The Bertz CT molecular complexity index is 369. The van der Waals surface area contributed by atoms with Gasteiger partial charge in [-0.25, -0.2) is 0 Å². The number of hydrogen-bond donors (Lipinski definition) is 3. The van der Waals surface area contributed by atoms with Gasteiger partial charge in [-0.2, -0.15) is 0 Å². The first-order valence-electron chi connectivity index (χ1n) is 10.2. The SMILES string of the molecule is CC(C)C.COCC(C)(COC)C(=O)O.COCNCCCCCCNC(C)=O. The molecule has 0 atom stereocenters. The standard InChI is InChI=1S/C10H22N2O2.C7H14O4.C4H10/c1-10(13)12-8-6-4-3-5-7-11-9-14-2;1-7(4-10-2,5-11-3)6(8)9;1-4(2)3/h11H,3-9H2,1-2H3,(H,12,13);4-5H2,1-3H3,(H,8,9);4H,1-3H3. The number of amides is 1. The van der Waals surface area contributed by atoms with Crippen LogP contribution in [0.1, 0.15) is 60.3 Å². The lowest BCUT2D eigenvalue weighted by Crippen LogP contribution is -2.36. The second-order valence-corrected chi connectivity index (χ2v) is 7.79. The third-order valence-corrected chi connectivity index (χ3v) is 3.34. The largest absolute Gasteiger partial charge is 0.481 e. The number of ether oxygens (including phenoxy) is 3. The van der Waals surface area contributed by atoms with Crippen molar-refractivity contribution in [1.29, 1.82) is 0 Å². The van der Waals surface area contributed by atoms with Gasteiger partial charge in [-0.3, -0.25) is 14.9 Å². The predicted octanol–water partition coefficient (Wildman–Crippen LogP) is 2.91.